The van der Waals surface area contributed by atoms with E-state index in [1.165, 1.54) is 0 Å². The van der Waals surface area contributed by atoms with E-state index in [-0.39, 0.29) is 24.2 Å². The second-order valence-corrected chi connectivity index (χ2v) is 7.52. The summed E-state index contributed by atoms with van der Waals surface area (Å²) in [5.41, 5.74) is 10.5. The molecule has 0 spiro atoms. The highest BCUT2D eigenvalue weighted by Gasteiger charge is 2.27. The summed E-state index contributed by atoms with van der Waals surface area (Å²) in [5.74, 6) is -1.05. The van der Waals surface area contributed by atoms with Gasteiger partial charge in [-0.25, -0.2) is 0 Å². The molecule has 10 nitrogen and oxygen atoms in total. The van der Waals surface area contributed by atoms with Crippen LogP contribution in [0.25, 0.3) is 0 Å². The summed E-state index contributed by atoms with van der Waals surface area (Å²) >= 11 is 0. The first-order valence-corrected chi connectivity index (χ1v) is 11.2. The van der Waals surface area contributed by atoms with Crippen LogP contribution >= 0.6 is 0 Å². The predicted molar refractivity (Wildman–Crippen MR) is 121 cm³/mol. The van der Waals surface area contributed by atoms with Crippen LogP contribution in [0, 0.1) is 0 Å². The molecule has 0 aromatic rings. The topological polar surface area (TPSA) is 169 Å². The fourth-order valence-electron chi connectivity index (χ4n) is 2.90. The quantitative estimate of drug-likeness (QED) is 0.0953. The van der Waals surface area contributed by atoms with Gasteiger partial charge in [-0.1, -0.05) is 46.5 Å². The average Bonchev–Trinajstić information content (AvgIpc) is 2.75. The molecule has 10 heteroatoms. The molecule has 0 radical (unpaired) electrons. The standard InChI is InChI=1S/C21H40N6O4/c1-4-7-11-16(26-18(29)6-3)20(31)27-17(12-8-5-2)19(30)25-15(14-28)10-9-13-24-21(22)23/h14-17H,4-13H2,1-3H3,(H,25,30)(H,26,29)(H,27,31)(H4,22,23,24). The van der Waals surface area contributed by atoms with Crippen molar-refractivity contribution in [3.05, 3.63) is 0 Å². The van der Waals surface area contributed by atoms with Gasteiger partial charge < -0.3 is 32.2 Å². The predicted octanol–water partition coefficient (Wildman–Crippen LogP) is 0.484. The number of hydrogen-bond acceptors (Lipinski definition) is 5. The number of nitrogens with two attached hydrogens (primary N) is 2. The van der Waals surface area contributed by atoms with Crippen LogP contribution < -0.4 is 27.4 Å². The van der Waals surface area contributed by atoms with E-state index >= 15 is 0 Å². The number of carbonyl (C=O) groups is 4. The van der Waals surface area contributed by atoms with Gasteiger partial charge in [0.15, 0.2) is 5.96 Å². The van der Waals surface area contributed by atoms with Crippen molar-refractivity contribution >= 4 is 30.0 Å². The third kappa shape index (κ3) is 13.3. The molecule has 0 fully saturated rings. The fourth-order valence-corrected chi connectivity index (χ4v) is 2.90. The van der Waals surface area contributed by atoms with Crippen LogP contribution in [0.1, 0.15) is 78.6 Å². The van der Waals surface area contributed by atoms with Gasteiger partial charge in [0.1, 0.15) is 18.4 Å². The molecule has 0 rings (SSSR count). The molecule has 31 heavy (non-hydrogen) atoms. The third-order valence-corrected chi connectivity index (χ3v) is 4.76. The summed E-state index contributed by atoms with van der Waals surface area (Å²) in [6.45, 7) is 6.06. The first kappa shape index (κ1) is 28.4. The molecule has 0 aromatic carbocycles. The van der Waals surface area contributed by atoms with Crippen LogP contribution in [0.4, 0.5) is 0 Å². The Morgan fingerprint density at radius 2 is 1.39 bits per heavy atom. The van der Waals surface area contributed by atoms with Crippen LogP contribution in [-0.2, 0) is 19.2 Å². The molecule has 0 saturated carbocycles. The van der Waals surface area contributed by atoms with Crippen molar-refractivity contribution in [2.45, 2.75) is 96.7 Å². The van der Waals surface area contributed by atoms with Gasteiger partial charge in [-0.3, -0.25) is 19.4 Å². The van der Waals surface area contributed by atoms with Gasteiger partial charge in [0.2, 0.25) is 17.7 Å². The minimum Gasteiger partial charge on any atom is -0.370 e. The van der Waals surface area contributed by atoms with E-state index < -0.39 is 24.0 Å². The maximum absolute atomic E-state index is 12.8. The molecule has 0 aliphatic carbocycles. The number of unbranched alkanes of at least 4 members (excludes halogenated alkanes) is 2. The average molecular weight is 441 g/mol. The van der Waals surface area contributed by atoms with E-state index in [1.54, 1.807) is 6.92 Å². The Balaban J connectivity index is 5.07. The smallest absolute Gasteiger partial charge is 0.243 e. The molecule has 0 aliphatic rings. The fraction of sp³-hybridized carbons (Fsp3) is 0.762. The molecule has 0 heterocycles. The first-order valence-electron chi connectivity index (χ1n) is 11.2. The number of aliphatic imine (C=N–C) groups is 1. The molecule has 0 saturated heterocycles. The summed E-state index contributed by atoms with van der Waals surface area (Å²) in [6.07, 6.45) is 6.02. The summed E-state index contributed by atoms with van der Waals surface area (Å²) in [6, 6.07) is -2.17. The van der Waals surface area contributed by atoms with Crippen molar-refractivity contribution in [1.82, 2.24) is 16.0 Å². The van der Waals surface area contributed by atoms with Gasteiger partial charge >= 0.3 is 0 Å². The van der Waals surface area contributed by atoms with Crippen molar-refractivity contribution in [3.63, 3.8) is 0 Å². The molecule has 3 atom stereocenters. The van der Waals surface area contributed by atoms with Gasteiger partial charge in [0.05, 0.1) is 6.04 Å². The van der Waals surface area contributed by atoms with Crippen LogP contribution in [0.15, 0.2) is 4.99 Å². The van der Waals surface area contributed by atoms with Crippen LogP contribution in [0.2, 0.25) is 0 Å². The highest BCUT2D eigenvalue weighted by atomic mass is 16.2. The van der Waals surface area contributed by atoms with Crippen molar-refractivity contribution < 1.29 is 19.2 Å². The maximum atomic E-state index is 12.8. The first-order chi connectivity index (χ1) is 14.8. The van der Waals surface area contributed by atoms with E-state index in [0.717, 1.165) is 25.7 Å². The molecule has 3 amide bonds. The lowest BCUT2D eigenvalue weighted by Crippen LogP contribution is -2.55. The second kappa shape index (κ2) is 17.1. The number of carbonyl (C=O) groups excluding carboxylic acids is 4. The molecular weight excluding hydrogens is 400 g/mol. The third-order valence-electron chi connectivity index (χ3n) is 4.76. The zero-order valence-corrected chi connectivity index (χ0v) is 19.1. The van der Waals surface area contributed by atoms with Gasteiger partial charge in [-0.05, 0) is 25.7 Å². The monoisotopic (exact) mass is 440 g/mol. The van der Waals surface area contributed by atoms with E-state index in [2.05, 4.69) is 20.9 Å². The number of nitrogens with zero attached hydrogens (tertiary/aromatic N) is 1. The van der Waals surface area contributed by atoms with Crippen molar-refractivity contribution in [2.75, 3.05) is 6.54 Å². The molecule has 7 N–H and O–H groups in total. The van der Waals surface area contributed by atoms with E-state index in [1.807, 2.05) is 13.8 Å². The van der Waals surface area contributed by atoms with Crippen LogP contribution in [0.3, 0.4) is 0 Å². The summed E-state index contributed by atoms with van der Waals surface area (Å²) in [4.78, 5) is 52.6. The molecule has 0 aliphatic heterocycles. The molecule has 0 bridgehead atoms. The van der Waals surface area contributed by atoms with Crippen molar-refractivity contribution in [2.24, 2.45) is 16.5 Å². The molecule has 0 aromatic heterocycles. The van der Waals surface area contributed by atoms with Crippen molar-refractivity contribution in [3.8, 4) is 0 Å². The molecule has 178 valence electrons. The SMILES string of the molecule is CCCCC(NC(=O)CC)C(=O)NC(CCCC)C(=O)NC(C=O)CCCN=C(N)N. The van der Waals surface area contributed by atoms with E-state index in [0.29, 0.717) is 38.5 Å². The lowest BCUT2D eigenvalue weighted by molar-refractivity contribution is -0.133. The minimum atomic E-state index is -0.782. The Hall–Kier alpha value is -2.65. The van der Waals surface area contributed by atoms with E-state index in [4.69, 9.17) is 11.5 Å². The number of rotatable bonds is 17. The van der Waals surface area contributed by atoms with Crippen LogP contribution in [-0.4, -0.2) is 54.6 Å². The number of aldehydes is 1. The van der Waals surface area contributed by atoms with Crippen LogP contribution in [0.5, 0.6) is 0 Å². The highest BCUT2D eigenvalue weighted by Crippen LogP contribution is 2.06. The number of amides is 3. The number of nitrogens with one attached hydrogen (secondary N) is 3. The Morgan fingerprint density at radius 3 is 1.87 bits per heavy atom. The zero-order chi connectivity index (χ0) is 23.6. The lowest BCUT2D eigenvalue weighted by Gasteiger charge is -2.24. The van der Waals surface area contributed by atoms with E-state index in [9.17, 15) is 19.2 Å². The highest BCUT2D eigenvalue weighted by molar-refractivity contribution is 5.92. The number of hydrogen-bond donors (Lipinski definition) is 5. The lowest BCUT2D eigenvalue weighted by atomic mass is 10.0. The zero-order valence-electron chi connectivity index (χ0n) is 19.1. The molecule has 3 unspecified atom stereocenters. The Morgan fingerprint density at radius 1 is 0.839 bits per heavy atom. The normalized spacial score (nSPS) is 13.4. The Kier molecular flexibility index (Phi) is 15.6. The summed E-state index contributed by atoms with van der Waals surface area (Å²) in [7, 11) is 0. The van der Waals surface area contributed by atoms with Gasteiger partial charge in [0.25, 0.3) is 0 Å². The Labute approximate surface area is 185 Å². The largest absolute Gasteiger partial charge is 0.370 e. The Bertz CT molecular complexity index is 592. The summed E-state index contributed by atoms with van der Waals surface area (Å²) < 4.78 is 0. The van der Waals surface area contributed by atoms with Gasteiger partial charge in [-0.2, -0.15) is 0 Å². The summed E-state index contributed by atoms with van der Waals surface area (Å²) in [5, 5.41) is 8.17. The molecular formula is C21H40N6O4. The maximum Gasteiger partial charge on any atom is 0.243 e. The van der Waals surface area contributed by atoms with Gasteiger partial charge in [0, 0.05) is 13.0 Å². The minimum absolute atomic E-state index is 0.0261. The van der Waals surface area contributed by atoms with Gasteiger partial charge in [-0.15, -0.1) is 0 Å². The van der Waals surface area contributed by atoms with Crippen molar-refractivity contribution in [1.29, 1.82) is 0 Å². The second-order valence-electron chi connectivity index (χ2n) is 7.52. The number of guanidine groups is 1.